The van der Waals surface area contributed by atoms with E-state index in [0.29, 0.717) is 26.2 Å². The van der Waals surface area contributed by atoms with Gasteiger partial charge in [-0.2, -0.15) is 0 Å². The van der Waals surface area contributed by atoms with E-state index in [1.807, 2.05) is 0 Å². The van der Waals surface area contributed by atoms with Crippen molar-refractivity contribution in [1.82, 2.24) is 9.55 Å². The normalized spacial score (nSPS) is 11.1. The summed E-state index contributed by atoms with van der Waals surface area (Å²) in [6.45, 7) is 0. The first kappa shape index (κ1) is 12.4. The summed E-state index contributed by atoms with van der Waals surface area (Å²) in [7, 11) is 0. The zero-order valence-corrected chi connectivity index (χ0v) is 11.9. The highest BCUT2D eigenvalue weighted by Gasteiger charge is 2.13. The number of halogens is 3. The lowest BCUT2D eigenvalue weighted by molar-refractivity contribution is 0.619. The Kier molecular flexibility index (Phi) is 2.95. The average molecular weight is 341 g/mol. The Morgan fingerprint density at radius 3 is 2.74 bits per heavy atom. The summed E-state index contributed by atoms with van der Waals surface area (Å²) in [5.41, 5.74) is 7.55. The van der Waals surface area contributed by atoms with Gasteiger partial charge in [0.2, 0.25) is 5.95 Å². The third-order valence-electron chi connectivity index (χ3n) is 2.79. The number of nitrogens with zero attached hydrogens (tertiary/aromatic N) is 2. The smallest absolute Gasteiger partial charge is 0.206 e. The summed E-state index contributed by atoms with van der Waals surface area (Å²) >= 11 is 9.19. The van der Waals surface area contributed by atoms with Gasteiger partial charge in [0.1, 0.15) is 5.82 Å². The van der Waals surface area contributed by atoms with Crippen LogP contribution in [-0.4, -0.2) is 9.55 Å². The molecular weight excluding hydrogens is 333 g/mol. The maximum Gasteiger partial charge on any atom is 0.206 e. The van der Waals surface area contributed by atoms with Crippen molar-refractivity contribution in [1.29, 1.82) is 0 Å². The van der Waals surface area contributed by atoms with Gasteiger partial charge in [0, 0.05) is 9.50 Å². The first-order valence-electron chi connectivity index (χ1n) is 5.45. The van der Waals surface area contributed by atoms with Crippen LogP contribution in [0, 0.1) is 5.82 Å². The second kappa shape index (κ2) is 4.51. The minimum atomic E-state index is -0.389. The number of benzene rings is 2. The fourth-order valence-corrected chi connectivity index (χ4v) is 2.48. The lowest BCUT2D eigenvalue weighted by Gasteiger charge is -2.08. The fraction of sp³-hybridized carbons (Fsp3) is 0. The molecule has 0 atom stereocenters. The molecular formula is C13H8BrClFN3. The van der Waals surface area contributed by atoms with Crippen molar-refractivity contribution in [3.8, 4) is 5.69 Å². The maximum absolute atomic E-state index is 14.1. The van der Waals surface area contributed by atoms with Gasteiger partial charge in [-0.3, -0.25) is 4.57 Å². The lowest BCUT2D eigenvalue weighted by Crippen LogP contribution is -2.02. The molecule has 6 heteroatoms. The molecule has 3 rings (SSSR count). The molecule has 0 radical (unpaired) electrons. The van der Waals surface area contributed by atoms with E-state index in [2.05, 4.69) is 20.9 Å². The van der Waals surface area contributed by atoms with Crippen LogP contribution in [0.15, 0.2) is 40.9 Å². The van der Waals surface area contributed by atoms with Crippen molar-refractivity contribution in [3.05, 3.63) is 51.7 Å². The standard InChI is InChI=1S/C13H8BrClFN3/c14-7-1-4-11(9(16)5-7)19-12-6-8(15)2-3-10(12)18-13(19)17/h1-6H,(H2,17,18). The lowest BCUT2D eigenvalue weighted by atomic mass is 10.2. The number of hydrogen-bond acceptors (Lipinski definition) is 2. The summed E-state index contributed by atoms with van der Waals surface area (Å²) in [6, 6.07) is 9.94. The SMILES string of the molecule is Nc1nc2ccc(Cl)cc2n1-c1ccc(Br)cc1F. The topological polar surface area (TPSA) is 43.8 Å². The molecule has 0 spiro atoms. The monoisotopic (exact) mass is 339 g/mol. The maximum atomic E-state index is 14.1. The number of hydrogen-bond donors (Lipinski definition) is 1. The molecule has 19 heavy (non-hydrogen) atoms. The Morgan fingerprint density at radius 2 is 2.00 bits per heavy atom. The second-order valence-electron chi connectivity index (χ2n) is 4.03. The van der Waals surface area contributed by atoms with E-state index in [1.165, 1.54) is 6.07 Å². The number of anilines is 1. The molecule has 1 aromatic heterocycles. The molecule has 96 valence electrons. The number of aromatic nitrogens is 2. The fourth-order valence-electron chi connectivity index (χ4n) is 1.98. The van der Waals surface area contributed by atoms with Crippen LogP contribution in [0.4, 0.5) is 10.3 Å². The quantitative estimate of drug-likeness (QED) is 0.723. The van der Waals surface area contributed by atoms with Crippen LogP contribution in [0.25, 0.3) is 16.7 Å². The van der Waals surface area contributed by atoms with Crippen LogP contribution in [-0.2, 0) is 0 Å². The van der Waals surface area contributed by atoms with Gasteiger partial charge < -0.3 is 5.73 Å². The van der Waals surface area contributed by atoms with Crippen molar-refractivity contribution in [2.45, 2.75) is 0 Å². The first-order valence-corrected chi connectivity index (χ1v) is 6.62. The van der Waals surface area contributed by atoms with Crippen molar-refractivity contribution in [2.75, 3.05) is 5.73 Å². The van der Waals surface area contributed by atoms with E-state index in [4.69, 9.17) is 17.3 Å². The van der Waals surface area contributed by atoms with Crippen LogP contribution >= 0.6 is 27.5 Å². The molecule has 0 fully saturated rings. The predicted molar refractivity (Wildman–Crippen MR) is 78.2 cm³/mol. The summed E-state index contributed by atoms with van der Waals surface area (Å²) < 4.78 is 16.3. The molecule has 0 aliphatic heterocycles. The average Bonchev–Trinajstić information content (AvgIpc) is 2.65. The van der Waals surface area contributed by atoms with Gasteiger partial charge in [0.05, 0.1) is 16.7 Å². The third kappa shape index (κ3) is 2.09. The van der Waals surface area contributed by atoms with Gasteiger partial charge in [-0.1, -0.05) is 27.5 Å². The molecule has 0 aliphatic rings. The molecule has 3 nitrogen and oxygen atoms in total. The molecule has 0 saturated heterocycles. The Labute approximate surface area is 121 Å². The van der Waals surface area contributed by atoms with Gasteiger partial charge in [-0.25, -0.2) is 9.37 Å². The molecule has 3 aromatic rings. The van der Waals surface area contributed by atoms with Gasteiger partial charge >= 0.3 is 0 Å². The van der Waals surface area contributed by atoms with Crippen LogP contribution in [0.1, 0.15) is 0 Å². The van der Waals surface area contributed by atoms with E-state index >= 15 is 0 Å². The first-order chi connectivity index (χ1) is 9.06. The van der Waals surface area contributed by atoms with E-state index in [-0.39, 0.29) is 11.8 Å². The zero-order valence-electron chi connectivity index (χ0n) is 9.57. The Bertz CT molecular complexity index is 785. The van der Waals surface area contributed by atoms with Gasteiger partial charge in [0.15, 0.2) is 0 Å². The summed E-state index contributed by atoms with van der Waals surface area (Å²) in [5.74, 6) is -0.168. The van der Waals surface area contributed by atoms with Gasteiger partial charge in [0.25, 0.3) is 0 Å². The number of fused-ring (bicyclic) bond motifs is 1. The predicted octanol–water partition coefficient (Wildman–Crippen LogP) is 4.16. The van der Waals surface area contributed by atoms with Gasteiger partial charge in [-0.15, -0.1) is 0 Å². The largest absolute Gasteiger partial charge is 0.369 e. The summed E-state index contributed by atoms with van der Waals surface area (Å²) in [6.07, 6.45) is 0. The number of nitrogen functional groups attached to an aromatic ring is 1. The Morgan fingerprint density at radius 1 is 1.21 bits per heavy atom. The molecule has 0 aliphatic carbocycles. The van der Waals surface area contributed by atoms with Crippen LogP contribution in [0.5, 0.6) is 0 Å². The van der Waals surface area contributed by atoms with Crippen molar-refractivity contribution in [2.24, 2.45) is 0 Å². The third-order valence-corrected chi connectivity index (χ3v) is 3.52. The van der Waals surface area contributed by atoms with Crippen LogP contribution in [0.3, 0.4) is 0 Å². The molecule has 0 amide bonds. The molecule has 2 aromatic carbocycles. The summed E-state index contributed by atoms with van der Waals surface area (Å²) in [5, 5.41) is 0.547. The molecule has 2 N–H and O–H groups in total. The molecule has 0 bridgehead atoms. The Hall–Kier alpha value is -1.59. The zero-order chi connectivity index (χ0) is 13.6. The van der Waals surface area contributed by atoms with E-state index in [9.17, 15) is 4.39 Å². The van der Waals surface area contributed by atoms with Crippen molar-refractivity contribution in [3.63, 3.8) is 0 Å². The van der Waals surface area contributed by atoms with E-state index in [1.54, 1.807) is 34.9 Å². The number of rotatable bonds is 1. The second-order valence-corrected chi connectivity index (χ2v) is 5.39. The Balaban J connectivity index is 2.35. The van der Waals surface area contributed by atoms with Crippen LogP contribution < -0.4 is 5.73 Å². The highest BCUT2D eigenvalue weighted by molar-refractivity contribution is 9.10. The minimum Gasteiger partial charge on any atom is -0.369 e. The molecule has 0 unspecified atom stereocenters. The summed E-state index contributed by atoms with van der Waals surface area (Å²) in [4.78, 5) is 4.20. The number of nitrogens with two attached hydrogens (primary N) is 1. The van der Waals surface area contributed by atoms with Crippen LogP contribution in [0.2, 0.25) is 5.02 Å². The van der Waals surface area contributed by atoms with Crippen molar-refractivity contribution < 1.29 is 4.39 Å². The molecule has 0 saturated carbocycles. The highest BCUT2D eigenvalue weighted by Crippen LogP contribution is 2.28. The van der Waals surface area contributed by atoms with E-state index < -0.39 is 0 Å². The van der Waals surface area contributed by atoms with Gasteiger partial charge in [-0.05, 0) is 36.4 Å². The molecule has 1 heterocycles. The van der Waals surface area contributed by atoms with Crippen molar-refractivity contribution >= 4 is 44.5 Å². The van der Waals surface area contributed by atoms with E-state index in [0.717, 1.165) is 0 Å². The highest BCUT2D eigenvalue weighted by atomic mass is 79.9. The number of imidazole rings is 1. The minimum absolute atomic E-state index is 0.221.